The number of para-hydroxylation sites is 1. The molecule has 1 fully saturated rings. The Morgan fingerprint density at radius 2 is 1.65 bits per heavy atom. The first-order valence-electron chi connectivity index (χ1n) is 8.67. The van der Waals surface area contributed by atoms with Crippen molar-refractivity contribution in [3.05, 3.63) is 60.2 Å². The van der Waals surface area contributed by atoms with Crippen LogP contribution in [0.1, 0.15) is 5.56 Å². The third kappa shape index (κ3) is 4.53. The number of piperazine rings is 1. The summed E-state index contributed by atoms with van der Waals surface area (Å²) in [4.78, 5) is 28.4. The highest BCUT2D eigenvalue weighted by molar-refractivity contribution is 5.89. The molecule has 26 heavy (non-hydrogen) atoms. The number of ether oxygens (including phenoxy) is 1. The molecule has 1 saturated heterocycles. The van der Waals surface area contributed by atoms with Crippen LogP contribution in [0.3, 0.4) is 0 Å². The zero-order valence-corrected chi connectivity index (χ0v) is 14.9. The Bertz CT molecular complexity index is 756. The van der Waals surface area contributed by atoms with Crippen LogP contribution in [0.2, 0.25) is 0 Å². The maximum Gasteiger partial charge on any atom is 0.321 e. The van der Waals surface area contributed by atoms with Crippen LogP contribution in [0.5, 0.6) is 5.75 Å². The number of amides is 3. The number of hydrogen-bond donors (Lipinski definition) is 1. The quantitative estimate of drug-likeness (QED) is 0.919. The number of nitrogens with zero attached hydrogens (tertiary/aromatic N) is 2. The lowest BCUT2D eigenvalue weighted by Gasteiger charge is -2.34. The number of nitrogens with one attached hydrogen (secondary N) is 1. The zero-order chi connectivity index (χ0) is 18.4. The Morgan fingerprint density at radius 1 is 0.962 bits per heavy atom. The molecule has 0 radical (unpaired) electrons. The van der Waals surface area contributed by atoms with E-state index in [1.165, 1.54) is 0 Å². The normalized spacial score (nSPS) is 14.0. The maximum atomic E-state index is 12.5. The molecule has 0 aromatic heterocycles. The van der Waals surface area contributed by atoms with Crippen LogP contribution in [-0.4, -0.2) is 55.0 Å². The van der Waals surface area contributed by atoms with Gasteiger partial charge >= 0.3 is 6.03 Å². The molecule has 1 aliphatic heterocycles. The van der Waals surface area contributed by atoms with Gasteiger partial charge in [-0.25, -0.2) is 4.79 Å². The predicted molar refractivity (Wildman–Crippen MR) is 100 cm³/mol. The summed E-state index contributed by atoms with van der Waals surface area (Å²) in [6, 6.07) is 16.8. The maximum absolute atomic E-state index is 12.5. The molecule has 1 N–H and O–H groups in total. The monoisotopic (exact) mass is 353 g/mol. The van der Waals surface area contributed by atoms with Gasteiger partial charge in [0.2, 0.25) is 5.91 Å². The first kappa shape index (κ1) is 17.8. The van der Waals surface area contributed by atoms with Gasteiger partial charge in [-0.1, -0.05) is 30.3 Å². The molecule has 6 heteroatoms. The van der Waals surface area contributed by atoms with Gasteiger partial charge in [0.25, 0.3) is 0 Å². The van der Waals surface area contributed by atoms with Crippen molar-refractivity contribution in [2.75, 3.05) is 38.6 Å². The summed E-state index contributed by atoms with van der Waals surface area (Å²) in [7, 11) is 1.61. The molecule has 1 aliphatic rings. The highest BCUT2D eigenvalue weighted by Gasteiger charge is 2.24. The number of carbonyl (C=O) groups excluding carboxylic acids is 2. The lowest BCUT2D eigenvalue weighted by molar-refractivity contribution is -0.131. The van der Waals surface area contributed by atoms with Gasteiger partial charge < -0.3 is 19.9 Å². The minimum Gasteiger partial charge on any atom is -0.497 e. The number of benzene rings is 2. The van der Waals surface area contributed by atoms with Gasteiger partial charge in [0, 0.05) is 31.9 Å². The van der Waals surface area contributed by atoms with Crippen LogP contribution >= 0.6 is 0 Å². The SMILES string of the molecule is COc1cccc(CC(=O)N2CCN(C(=O)Nc3ccccc3)CC2)c1. The van der Waals surface area contributed by atoms with Gasteiger partial charge in [0.15, 0.2) is 0 Å². The summed E-state index contributed by atoms with van der Waals surface area (Å²) < 4.78 is 5.20. The molecule has 2 aromatic rings. The van der Waals surface area contributed by atoms with Gasteiger partial charge in [-0.15, -0.1) is 0 Å². The van der Waals surface area contributed by atoms with E-state index in [-0.39, 0.29) is 11.9 Å². The molecule has 0 unspecified atom stereocenters. The molecular weight excluding hydrogens is 330 g/mol. The number of rotatable bonds is 4. The largest absolute Gasteiger partial charge is 0.497 e. The van der Waals surface area contributed by atoms with E-state index >= 15 is 0 Å². The Hall–Kier alpha value is -3.02. The molecule has 1 heterocycles. The van der Waals surface area contributed by atoms with Gasteiger partial charge in [-0.3, -0.25) is 4.79 Å². The topological polar surface area (TPSA) is 61.9 Å². The molecule has 6 nitrogen and oxygen atoms in total. The Balaban J connectivity index is 1.49. The summed E-state index contributed by atoms with van der Waals surface area (Å²) in [5.74, 6) is 0.819. The number of hydrogen-bond acceptors (Lipinski definition) is 3. The van der Waals surface area contributed by atoms with Crippen LogP contribution in [0.4, 0.5) is 10.5 Å². The van der Waals surface area contributed by atoms with Gasteiger partial charge in [0.05, 0.1) is 13.5 Å². The number of carbonyl (C=O) groups is 2. The molecule has 0 saturated carbocycles. The second-order valence-corrected chi connectivity index (χ2v) is 6.19. The van der Waals surface area contributed by atoms with Crippen molar-refractivity contribution in [1.82, 2.24) is 9.80 Å². The fourth-order valence-electron chi connectivity index (χ4n) is 2.95. The molecule has 0 spiro atoms. The molecule has 136 valence electrons. The Kier molecular flexibility index (Phi) is 5.73. The second-order valence-electron chi connectivity index (χ2n) is 6.19. The van der Waals surface area contributed by atoms with Crippen molar-refractivity contribution in [2.45, 2.75) is 6.42 Å². The molecule has 3 rings (SSSR count). The Morgan fingerprint density at radius 3 is 2.35 bits per heavy atom. The lowest BCUT2D eigenvalue weighted by Crippen LogP contribution is -2.52. The first-order valence-corrected chi connectivity index (χ1v) is 8.67. The minimum atomic E-state index is -0.129. The van der Waals surface area contributed by atoms with Crippen LogP contribution in [0.25, 0.3) is 0 Å². The van der Waals surface area contributed by atoms with Gasteiger partial charge in [-0.2, -0.15) is 0 Å². The Labute approximate surface area is 153 Å². The average Bonchev–Trinajstić information content (AvgIpc) is 2.69. The summed E-state index contributed by atoms with van der Waals surface area (Å²) in [5.41, 5.74) is 1.70. The van der Waals surface area contributed by atoms with E-state index in [0.717, 1.165) is 17.0 Å². The summed E-state index contributed by atoms with van der Waals surface area (Å²) in [6.07, 6.45) is 0.341. The highest BCUT2D eigenvalue weighted by atomic mass is 16.5. The standard InChI is InChI=1S/C20H23N3O3/c1-26-18-9-5-6-16(14-18)15-19(24)22-10-12-23(13-11-22)20(25)21-17-7-3-2-4-8-17/h2-9,14H,10-13,15H2,1H3,(H,21,25). The third-order valence-corrected chi connectivity index (χ3v) is 4.43. The van der Waals surface area contributed by atoms with E-state index < -0.39 is 0 Å². The van der Waals surface area contributed by atoms with E-state index in [0.29, 0.717) is 32.6 Å². The van der Waals surface area contributed by atoms with Crippen LogP contribution in [0, 0.1) is 0 Å². The minimum absolute atomic E-state index is 0.0707. The first-order chi connectivity index (χ1) is 12.7. The van der Waals surface area contributed by atoms with Crippen molar-refractivity contribution in [2.24, 2.45) is 0 Å². The summed E-state index contributed by atoms with van der Waals surface area (Å²) in [6.45, 7) is 2.15. The summed E-state index contributed by atoms with van der Waals surface area (Å²) in [5, 5.41) is 2.88. The smallest absolute Gasteiger partial charge is 0.321 e. The van der Waals surface area contributed by atoms with Crippen molar-refractivity contribution >= 4 is 17.6 Å². The van der Waals surface area contributed by atoms with Crippen molar-refractivity contribution in [3.8, 4) is 5.75 Å². The van der Waals surface area contributed by atoms with Crippen LogP contribution < -0.4 is 10.1 Å². The van der Waals surface area contributed by atoms with Crippen LogP contribution in [0.15, 0.2) is 54.6 Å². The van der Waals surface area contributed by atoms with Crippen LogP contribution in [-0.2, 0) is 11.2 Å². The van der Waals surface area contributed by atoms with E-state index in [1.54, 1.807) is 12.0 Å². The average molecular weight is 353 g/mol. The van der Waals surface area contributed by atoms with E-state index in [2.05, 4.69) is 5.32 Å². The third-order valence-electron chi connectivity index (χ3n) is 4.43. The van der Waals surface area contributed by atoms with E-state index in [4.69, 9.17) is 4.74 Å². The van der Waals surface area contributed by atoms with E-state index in [9.17, 15) is 9.59 Å². The van der Waals surface area contributed by atoms with Gasteiger partial charge in [-0.05, 0) is 29.8 Å². The highest BCUT2D eigenvalue weighted by Crippen LogP contribution is 2.15. The zero-order valence-electron chi connectivity index (χ0n) is 14.9. The molecule has 0 atom stereocenters. The van der Waals surface area contributed by atoms with Gasteiger partial charge in [0.1, 0.15) is 5.75 Å². The lowest BCUT2D eigenvalue weighted by atomic mass is 10.1. The number of anilines is 1. The van der Waals surface area contributed by atoms with Crippen molar-refractivity contribution < 1.29 is 14.3 Å². The fourth-order valence-corrected chi connectivity index (χ4v) is 2.95. The summed E-state index contributed by atoms with van der Waals surface area (Å²) >= 11 is 0. The molecule has 3 amide bonds. The molecule has 0 aliphatic carbocycles. The van der Waals surface area contributed by atoms with Crippen molar-refractivity contribution in [3.63, 3.8) is 0 Å². The van der Waals surface area contributed by atoms with E-state index in [1.807, 2.05) is 59.5 Å². The molecule has 2 aromatic carbocycles. The molecule has 0 bridgehead atoms. The molecular formula is C20H23N3O3. The predicted octanol–water partition coefficient (Wildman–Crippen LogP) is 2.61. The second kappa shape index (κ2) is 8.38. The number of urea groups is 1. The fraction of sp³-hybridized carbons (Fsp3) is 0.300. The number of methoxy groups -OCH3 is 1. The van der Waals surface area contributed by atoms with Crippen molar-refractivity contribution in [1.29, 1.82) is 0 Å².